The molecule has 0 radical (unpaired) electrons. The Morgan fingerprint density at radius 3 is 2.88 bits per heavy atom. The van der Waals surface area contributed by atoms with Crippen LogP contribution in [0.5, 0.6) is 0 Å². The number of amidine groups is 1. The van der Waals surface area contributed by atoms with Gasteiger partial charge in [0.25, 0.3) is 6.02 Å². The number of hydrogen-bond donors (Lipinski definition) is 1. The lowest BCUT2D eigenvalue weighted by molar-refractivity contribution is 0.320. The van der Waals surface area contributed by atoms with Crippen molar-refractivity contribution in [3.63, 3.8) is 0 Å². The number of aliphatic imine (C=N–C) groups is 1. The zero-order chi connectivity index (χ0) is 11.6. The number of allylic oxidation sites excluding steroid dienone is 7. The van der Waals surface area contributed by atoms with Gasteiger partial charge < -0.3 is 10.5 Å². The van der Waals surface area contributed by atoms with E-state index in [-0.39, 0.29) is 6.02 Å². The van der Waals surface area contributed by atoms with Gasteiger partial charge in [-0.25, -0.2) is 4.99 Å². The molecular formula is C13H18N2O. The van der Waals surface area contributed by atoms with Gasteiger partial charge in [-0.2, -0.15) is 0 Å². The molecule has 0 fully saturated rings. The van der Waals surface area contributed by atoms with Crippen molar-refractivity contribution >= 4 is 6.02 Å². The maximum Gasteiger partial charge on any atom is 0.282 e. The minimum atomic E-state index is 0.259. The predicted molar refractivity (Wildman–Crippen MR) is 68.2 cm³/mol. The number of nitrogens with two attached hydrogens (primary N) is 1. The summed E-state index contributed by atoms with van der Waals surface area (Å²) in [6.45, 7) is 3.03. The van der Waals surface area contributed by atoms with E-state index in [2.05, 4.69) is 17.1 Å². The van der Waals surface area contributed by atoms with Crippen LogP contribution in [0.4, 0.5) is 0 Å². The Bertz CT molecular complexity index is 349. The molecule has 0 saturated carbocycles. The molecule has 2 N–H and O–H groups in total. The predicted octanol–water partition coefficient (Wildman–Crippen LogP) is 2.34. The minimum absolute atomic E-state index is 0.259. The molecular weight excluding hydrogens is 200 g/mol. The molecule has 0 aromatic heterocycles. The van der Waals surface area contributed by atoms with Crippen LogP contribution in [0, 0.1) is 0 Å². The van der Waals surface area contributed by atoms with Gasteiger partial charge in [-0.1, -0.05) is 42.5 Å². The van der Waals surface area contributed by atoms with Crippen molar-refractivity contribution < 1.29 is 4.74 Å². The highest BCUT2D eigenvalue weighted by Gasteiger charge is 1.95. The second-order valence-corrected chi connectivity index (χ2v) is 3.31. The standard InChI is InChI=1S/C13H18N2O/c1-2-16-13(14)15-11-12-9-7-5-3-4-6-8-10-12/h3-9H,2,10-11H2,1H3,(H2,14,15)/b4-3-,7-5-,8-6-,12-9+. The van der Waals surface area contributed by atoms with Gasteiger partial charge in [0.15, 0.2) is 0 Å². The van der Waals surface area contributed by atoms with Crippen LogP contribution in [0.25, 0.3) is 0 Å². The normalized spacial score (nSPS) is 25.6. The Morgan fingerprint density at radius 1 is 1.31 bits per heavy atom. The van der Waals surface area contributed by atoms with E-state index in [4.69, 9.17) is 10.5 Å². The Labute approximate surface area is 96.7 Å². The summed E-state index contributed by atoms with van der Waals surface area (Å²) >= 11 is 0. The van der Waals surface area contributed by atoms with Gasteiger partial charge in [-0.3, -0.25) is 0 Å². The molecule has 0 aromatic carbocycles. The molecule has 0 saturated heterocycles. The van der Waals surface area contributed by atoms with Gasteiger partial charge in [0.2, 0.25) is 0 Å². The lowest BCUT2D eigenvalue weighted by atomic mass is 10.1. The summed E-state index contributed by atoms with van der Waals surface area (Å²) in [5, 5.41) is 0. The number of ether oxygens (including phenoxy) is 1. The SMILES string of the molecule is CCOC(N)=NC/C1=C/C=C\C=C/C=C\C1. The summed E-state index contributed by atoms with van der Waals surface area (Å²) in [5.41, 5.74) is 6.76. The van der Waals surface area contributed by atoms with Crippen LogP contribution < -0.4 is 5.73 Å². The molecule has 0 aliphatic heterocycles. The second-order valence-electron chi connectivity index (χ2n) is 3.31. The molecule has 86 valence electrons. The van der Waals surface area contributed by atoms with Crippen molar-refractivity contribution in [1.29, 1.82) is 0 Å². The number of nitrogens with zero attached hydrogens (tertiary/aromatic N) is 1. The van der Waals surface area contributed by atoms with E-state index in [1.54, 1.807) is 0 Å². The number of hydrogen-bond acceptors (Lipinski definition) is 2. The third-order valence-electron chi connectivity index (χ3n) is 2.02. The summed E-state index contributed by atoms with van der Waals surface area (Å²) in [6.07, 6.45) is 15.1. The van der Waals surface area contributed by atoms with Crippen LogP contribution in [0.3, 0.4) is 0 Å². The van der Waals surface area contributed by atoms with E-state index >= 15 is 0 Å². The molecule has 0 bridgehead atoms. The van der Waals surface area contributed by atoms with Gasteiger partial charge >= 0.3 is 0 Å². The lowest BCUT2D eigenvalue weighted by Crippen LogP contribution is -2.16. The van der Waals surface area contributed by atoms with Crippen molar-refractivity contribution in [2.45, 2.75) is 13.3 Å². The zero-order valence-electron chi connectivity index (χ0n) is 9.60. The first-order chi connectivity index (χ1) is 7.83. The van der Waals surface area contributed by atoms with Crippen LogP contribution in [-0.4, -0.2) is 19.2 Å². The molecule has 0 aromatic rings. The van der Waals surface area contributed by atoms with E-state index in [0.717, 1.165) is 6.42 Å². The molecule has 0 amide bonds. The van der Waals surface area contributed by atoms with E-state index < -0.39 is 0 Å². The van der Waals surface area contributed by atoms with Crippen molar-refractivity contribution in [2.75, 3.05) is 13.2 Å². The number of rotatable bonds is 3. The quantitative estimate of drug-likeness (QED) is 0.584. The molecule has 0 atom stereocenters. The fraction of sp³-hybridized carbons (Fsp3) is 0.308. The van der Waals surface area contributed by atoms with Gasteiger partial charge in [0, 0.05) is 0 Å². The third-order valence-corrected chi connectivity index (χ3v) is 2.02. The van der Waals surface area contributed by atoms with Crippen LogP contribution in [0.1, 0.15) is 13.3 Å². The molecule has 0 spiro atoms. The topological polar surface area (TPSA) is 47.6 Å². The second kappa shape index (κ2) is 7.51. The maximum atomic E-state index is 5.55. The van der Waals surface area contributed by atoms with Gasteiger partial charge in [0.05, 0.1) is 13.2 Å². The highest BCUT2D eigenvalue weighted by atomic mass is 16.5. The van der Waals surface area contributed by atoms with Crippen molar-refractivity contribution in [1.82, 2.24) is 0 Å². The summed E-state index contributed by atoms with van der Waals surface area (Å²) in [4.78, 5) is 4.16. The molecule has 3 nitrogen and oxygen atoms in total. The van der Waals surface area contributed by atoms with E-state index in [9.17, 15) is 0 Å². The van der Waals surface area contributed by atoms with Crippen molar-refractivity contribution in [2.24, 2.45) is 10.7 Å². The summed E-state index contributed by atoms with van der Waals surface area (Å²) in [7, 11) is 0. The Morgan fingerprint density at radius 2 is 2.06 bits per heavy atom. The highest BCUT2D eigenvalue weighted by molar-refractivity contribution is 5.71. The average Bonchev–Trinajstić information content (AvgIpc) is 2.40. The summed E-state index contributed by atoms with van der Waals surface area (Å²) in [6, 6.07) is 0.259. The van der Waals surface area contributed by atoms with Gasteiger partial charge in [-0.15, -0.1) is 0 Å². The Kier molecular flexibility index (Phi) is 5.78. The molecule has 3 heteroatoms. The fourth-order valence-electron chi connectivity index (χ4n) is 1.24. The molecule has 16 heavy (non-hydrogen) atoms. The third kappa shape index (κ3) is 5.20. The fourth-order valence-corrected chi connectivity index (χ4v) is 1.24. The van der Waals surface area contributed by atoms with Crippen LogP contribution in [-0.2, 0) is 4.74 Å². The van der Waals surface area contributed by atoms with Crippen molar-refractivity contribution in [3.8, 4) is 0 Å². The van der Waals surface area contributed by atoms with Gasteiger partial charge in [-0.05, 0) is 18.9 Å². The molecule has 1 aliphatic carbocycles. The van der Waals surface area contributed by atoms with E-state index in [1.807, 2.05) is 37.3 Å². The first kappa shape index (κ1) is 12.3. The summed E-state index contributed by atoms with van der Waals surface area (Å²) in [5.74, 6) is 0. The largest absolute Gasteiger partial charge is 0.466 e. The lowest BCUT2D eigenvalue weighted by Gasteiger charge is -2.02. The van der Waals surface area contributed by atoms with E-state index in [0.29, 0.717) is 13.2 Å². The molecule has 1 aliphatic rings. The monoisotopic (exact) mass is 218 g/mol. The summed E-state index contributed by atoms with van der Waals surface area (Å²) < 4.78 is 5.07. The van der Waals surface area contributed by atoms with Crippen LogP contribution >= 0.6 is 0 Å². The molecule has 1 rings (SSSR count). The smallest absolute Gasteiger partial charge is 0.282 e. The van der Waals surface area contributed by atoms with E-state index in [1.165, 1.54) is 5.57 Å². The molecule has 0 unspecified atom stereocenters. The highest BCUT2D eigenvalue weighted by Crippen LogP contribution is 2.05. The average molecular weight is 218 g/mol. The van der Waals surface area contributed by atoms with Crippen LogP contribution in [0.15, 0.2) is 53.1 Å². The van der Waals surface area contributed by atoms with Crippen molar-refractivity contribution in [3.05, 3.63) is 48.1 Å². The maximum absolute atomic E-state index is 5.55. The Hall–Kier alpha value is -1.77. The zero-order valence-corrected chi connectivity index (χ0v) is 9.60. The Balaban J connectivity index is 2.55. The van der Waals surface area contributed by atoms with Gasteiger partial charge in [0.1, 0.15) is 0 Å². The minimum Gasteiger partial charge on any atom is -0.466 e. The van der Waals surface area contributed by atoms with Crippen LogP contribution in [0.2, 0.25) is 0 Å². The first-order valence-corrected chi connectivity index (χ1v) is 5.43. The molecule has 0 heterocycles. The first-order valence-electron chi connectivity index (χ1n) is 5.43.